The third kappa shape index (κ3) is 4.20. The van der Waals surface area contributed by atoms with Crippen LogP contribution in [0.2, 0.25) is 0 Å². The molecule has 8 heteroatoms. The van der Waals surface area contributed by atoms with E-state index in [1.807, 2.05) is 0 Å². The molecule has 1 aliphatic heterocycles. The first-order valence-corrected chi connectivity index (χ1v) is 6.60. The summed E-state index contributed by atoms with van der Waals surface area (Å²) in [6.45, 7) is 4.09. The van der Waals surface area contributed by atoms with Crippen LogP contribution in [0.5, 0.6) is 0 Å². The van der Waals surface area contributed by atoms with Crippen molar-refractivity contribution in [3.63, 3.8) is 0 Å². The highest BCUT2D eigenvalue weighted by Crippen LogP contribution is 2.18. The van der Waals surface area contributed by atoms with Crippen molar-refractivity contribution in [1.29, 1.82) is 0 Å². The molecule has 1 amide bonds. The fourth-order valence-electron chi connectivity index (χ4n) is 2.05. The molecule has 1 aliphatic rings. The maximum atomic E-state index is 13.2. The van der Waals surface area contributed by atoms with Crippen molar-refractivity contribution < 1.29 is 18.8 Å². The Morgan fingerprint density at radius 1 is 1.43 bits per heavy atom. The normalized spacial score (nSPS) is 15.7. The molecule has 2 rings (SSSR count). The Morgan fingerprint density at radius 2 is 2.14 bits per heavy atom. The topological polar surface area (TPSA) is 84.7 Å². The van der Waals surface area contributed by atoms with Crippen LogP contribution in [0.4, 0.5) is 10.1 Å². The quantitative estimate of drug-likeness (QED) is 0.642. The van der Waals surface area contributed by atoms with Crippen molar-refractivity contribution in [3.8, 4) is 0 Å². The summed E-state index contributed by atoms with van der Waals surface area (Å²) in [5, 5.41) is 13.3. The number of nitro groups is 1. The van der Waals surface area contributed by atoms with Crippen molar-refractivity contribution in [2.45, 2.75) is 0 Å². The van der Waals surface area contributed by atoms with Crippen LogP contribution in [-0.4, -0.2) is 55.1 Å². The number of halogens is 1. The number of nitrogens with zero attached hydrogens (tertiary/aromatic N) is 2. The second kappa shape index (κ2) is 7.09. The van der Waals surface area contributed by atoms with Gasteiger partial charge in [-0.1, -0.05) is 0 Å². The molecule has 1 N–H and O–H groups in total. The highest BCUT2D eigenvalue weighted by atomic mass is 19.1. The molecule has 114 valence electrons. The number of carbonyl (C=O) groups excluding carboxylic acids is 1. The van der Waals surface area contributed by atoms with Crippen LogP contribution in [0.15, 0.2) is 18.2 Å². The zero-order valence-electron chi connectivity index (χ0n) is 11.4. The number of amides is 1. The Morgan fingerprint density at radius 3 is 2.81 bits per heavy atom. The second-order valence-corrected chi connectivity index (χ2v) is 4.63. The minimum atomic E-state index is -0.954. The van der Waals surface area contributed by atoms with E-state index in [0.29, 0.717) is 26.3 Å². The SMILES string of the molecule is O=C(NCCN1CCOCC1)c1ccc(F)c([N+](=O)[O-])c1. The number of carbonyl (C=O) groups is 1. The number of rotatable bonds is 5. The standard InChI is InChI=1S/C13H16FN3O4/c14-11-2-1-10(9-12(11)17(19)20)13(18)15-3-4-16-5-7-21-8-6-16/h1-2,9H,3-8H2,(H,15,18). The third-order valence-corrected chi connectivity index (χ3v) is 3.22. The zero-order valence-corrected chi connectivity index (χ0v) is 11.4. The fraction of sp³-hybridized carbons (Fsp3) is 0.462. The van der Waals surface area contributed by atoms with E-state index in [2.05, 4.69) is 10.2 Å². The van der Waals surface area contributed by atoms with Crippen molar-refractivity contribution in [2.75, 3.05) is 39.4 Å². The first-order valence-electron chi connectivity index (χ1n) is 6.60. The van der Waals surface area contributed by atoms with E-state index < -0.39 is 22.3 Å². The molecular formula is C13H16FN3O4. The Balaban J connectivity index is 1.88. The van der Waals surface area contributed by atoms with Gasteiger partial charge in [0.05, 0.1) is 18.1 Å². The van der Waals surface area contributed by atoms with Crippen LogP contribution in [0, 0.1) is 15.9 Å². The van der Waals surface area contributed by atoms with E-state index in [4.69, 9.17) is 4.74 Å². The van der Waals surface area contributed by atoms with Crippen molar-refractivity contribution in [2.24, 2.45) is 0 Å². The molecule has 7 nitrogen and oxygen atoms in total. The molecule has 0 unspecified atom stereocenters. The Bertz CT molecular complexity index is 532. The summed E-state index contributed by atoms with van der Waals surface area (Å²) in [4.78, 5) is 23.8. The molecule has 1 heterocycles. The van der Waals surface area contributed by atoms with Crippen molar-refractivity contribution in [3.05, 3.63) is 39.7 Å². The van der Waals surface area contributed by atoms with Crippen LogP contribution >= 0.6 is 0 Å². The van der Waals surface area contributed by atoms with E-state index in [1.54, 1.807) is 0 Å². The monoisotopic (exact) mass is 297 g/mol. The van der Waals surface area contributed by atoms with Gasteiger partial charge in [0.15, 0.2) is 0 Å². The molecule has 0 bridgehead atoms. The molecule has 0 atom stereocenters. The van der Waals surface area contributed by atoms with Crippen LogP contribution in [0.3, 0.4) is 0 Å². The molecule has 0 aromatic heterocycles. The van der Waals surface area contributed by atoms with Gasteiger partial charge in [-0.05, 0) is 12.1 Å². The second-order valence-electron chi connectivity index (χ2n) is 4.63. The number of hydrogen-bond donors (Lipinski definition) is 1. The van der Waals surface area contributed by atoms with Gasteiger partial charge in [0, 0.05) is 37.8 Å². The molecule has 21 heavy (non-hydrogen) atoms. The van der Waals surface area contributed by atoms with Gasteiger partial charge in [0.2, 0.25) is 5.82 Å². The Kier molecular flexibility index (Phi) is 5.18. The average Bonchev–Trinajstić information content (AvgIpc) is 2.48. The Hall–Kier alpha value is -2.06. The van der Waals surface area contributed by atoms with E-state index >= 15 is 0 Å². The number of morpholine rings is 1. The number of hydrogen-bond acceptors (Lipinski definition) is 5. The van der Waals surface area contributed by atoms with Gasteiger partial charge in [0.1, 0.15) is 0 Å². The number of ether oxygens (including phenoxy) is 1. The zero-order chi connectivity index (χ0) is 15.2. The van der Waals surface area contributed by atoms with E-state index in [9.17, 15) is 19.3 Å². The van der Waals surface area contributed by atoms with Crippen molar-refractivity contribution in [1.82, 2.24) is 10.2 Å². The van der Waals surface area contributed by atoms with Gasteiger partial charge in [-0.15, -0.1) is 0 Å². The maximum Gasteiger partial charge on any atom is 0.305 e. The molecular weight excluding hydrogens is 281 g/mol. The van der Waals surface area contributed by atoms with Gasteiger partial charge in [-0.3, -0.25) is 19.8 Å². The minimum Gasteiger partial charge on any atom is -0.379 e. The molecule has 1 aromatic rings. The summed E-state index contributed by atoms with van der Waals surface area (Å²) >= 11 is 0. The summed E-state index contributed by atoms with van der Waals surface area (Å²) in [7, 11) is 0. The lowest BCUT2D eigenvalue weighted by molar-refractivity contribution is -0.387. The first-order chi connectivity index (χ1) is 10.1. The van der Waals surface area contributed by atoms with E-state index in [0.717, 1.165) is 25.2 Å². The third-order valence-electron chi connectivity index (χ3n) is 3.22. The van der Waals surface area contributed by atoms with Crippen LogP contribution in [0.1, 0.15) is 10.4 Å². The predicted molar refractivity (Wildman–Crippen MR) is 72.6 cm³/mol. The maximum absolute atomic E-state index is 13.2. The van der Waals surface area contributed by atoms with Gasteiger partial charge in [0.25, 0.3) is 5.91 Å². The molecule has 1 aromatic carbocycles. The predicted octanol–water partition coefficient (Wildman–Crippen LogP) is 0.796. The number of nitro benzene ring substituents is 1. The van der Waals surface area contributed by atoms with Gasteiger partial charge < -0.3 is 10.1 Å². The average molecular weight is 297 g/mol. The Labute approximate surface area is 120 Å². The van der Waals surface area contributed by atoms with Crippen LogP contribution in [-0.2, 0) is 4.74 Å². The summed E-state index contributed by atoms with van der Waals surface area (Å²) in [6.07, 6.45) is 0. The highest BCUT2D eigenvalue weighted by Gasteiger charge is 2.17. The number of nitrogens with one attached hydrogen (secondary N) is 1. The summed E-state index contributed by atoms with van der Waals surface area (Å²) in [5.41, 5.74) is -0.624. The lowest BCUT2D eigenvalue weighted by atomic mass is 10.2. The molecule has 0 aliphatic carbocycles. The van der Waals surface area contributed by atoms with E-state index in [1.165, 1.54) is 6.07 Å². The van der Waals surface area contributed by atoms with E-state index in [-0.39, 0.29) is 5.56 Å². The molecule has 0 saturated carbocycles. The minimum absolute atomic E-state index is 0.0741. The summed E-state index contributed by atoms with van der Waals surface area (Å²) in [5.74, 6) is -1.41. The smallest absolute Gasteiger partial charge is 0.305 e. The summed E-state index contributed by atoms with van der Waals surface area (Å²) < 4.78 is 18.4. The molecule has 1 saturated heterocycles. The van der Waals surface area contributed by atoms with Crippen molar-refractivity contribution >= 4 is 11.6 Å². The number of benzene rings is 1. The fourth-order valence-corrected chi connectivity index (χ4v) is 2.05. The highest BCUT2D eigenvalue weighted by molar-refractivity contribution is 5.94. The van der Waals surface area contributed by atoms with Crippen LogP contribution < -0.4 is 5.32 Å². The van der Waals surface area contributed by atoms with Crippen LogP contribution in [0.25, 0.3) is 0 Å². The van der Waals surface area contributed by atoms with Gasteiger partial charge in [-0.2, -0.15) is 4.39 Å². The molecule has 1 fully saturated rings. The van der Waals surface area contributed by atoms with Gasteiger partial charge in [-0.25, -0.2) is 0 Å². The molecule has 0 spiro atoms. The summed E-state index contributed by atoms with van der Waals surface area (Å²) in [6, 6.07) is 3.10. The van der Waals surface area contributed by atoms with Gasteiger partial charge >= 0.3 is 5.69 Å². The first kappa shape index (κ1) is 15.3. The molecule has 0 radical (unpaired) electrons. The largest absolute Gasteiger partial charge is 0.379 e. The lowest BCUT2D eigenvalue weighted by Crippen LogP contribution is -2.41. The lowest BCUT2D eigenvalue weighted by Gasteiger charge is -2.26.